The quantitative estimate of drug-likeness (QED) is 0.806. The molecule has 0 aliphatic carbocycles. The lowest BCUT2D eigenvalue weighted by molar-refractivity contribution is 0.563. The monoisotopic (exact) mass is 262 g/mol. The Labute approximate surface area is 101 Å². The molecule has 1 aromatic rings. The maximum Gasteiger partial charge on any atom is 0.215 e. The molecule has 2 N–H and O–H groups in total. The summed E-state index contributed by atoms with van der Waals surface area (Å²) in [5, 5.41) is 6.43. The van der Waals surface area contributed by atoms with Crippen LogP contribution in [0.1, 0.15) is 18.1 Å². The van der Waals surface area contributed by atoms with Crippen molar-refractivity contribution in [1.29, 1.82) is 0 Å². The molecule has 0 spiro atoms. The Morgan fingerprint density at radius 2 is 2.12 bits per heavy atom. The van der Waals surface area contributed by atoms with E-state index in [1.807, 2.05) is 17.7 Å². The molecular weight excluding hydrogens is 244 g/mol. The molecule has 0 saturated heterocycles. The van der Waals surface area contributed by atoms with Gasteiger partial charge in [0.1, 0.15) is 0 Å². The van der Waals surface area contributed by atoms with Gasteiger partial charge in [0.15, 0.2) is 0 Å². The zero-order valence-electron chi connectivity index (χ0n) is 9.78. The van der Waals surface area contributed by atoms with Crippen LogP contribution in [0, 0.1) is 6.92 Å². The normalized spacial score (nSPS) is 13.9. The van der Waals surface area contributed by atoms with E-state index in [0.29, 0.717) is 13.1 Å². The first kappa shape index (κ1) is 13.6. The smallest absolute Gasteiger partial charge is 0.215 e. The zero-order chi connectivity index (χ0) is 12.2. The molecule has 16 heavy (non-hydrogen) atoms. The molecule has 0 radical (unpaired) electrons. The first-order valence-corrected chi connectivity index (χ1v) is 7.61. The van der Waals surface area contributed by atoms with Crippen molar-refractivity contribution in [3.8, 4) is 0 Å². The van der Waals surface area contributed by atoms with Crippen LogP contribution in [-0.4, -0.2) is 27.3 Å². The topological polar surface area (TPSA) is 58.2 Å². The van der Waals surface area contributed by atoms with Gasteiger partial charge in [-0.15, -0.1) is 0 Å². The molecule has 6 heteroatoms. The van der Waals surface area contributed by atoms with Crippen LogP contribution in [0.4, 0.5) is 0 Å². The van der Waals surface area contributed by atoms with Gasteiger partial charge in [-0.2, -0.15) is 11.3 Å². The van der Waals surface area contributed by atoms with Crippen molar-refractivity contribution in [1.82, 2.24) is 10.0 Å². The Kier molecular flexibility index (Phi) is 4.91. The van der Waals surface area contributed by atoms with Gasteiger partial charge < -0.3 is 5.32 Å². The van der Waals surface area contributed by atoms with Crippen LogP contribution in [0.3, 0.4) is 0 Å². The molecule has 0 aliphatic rings. The largest absolute Gasteiger partial charge is 0.318 e. The van der Waals surface area contributed by atoms with Gasteiger partial charge in [-0.25, -0.2) is 13.1 Å². The number of sulfonamides is 1. The summed E-state index contributed by atoms with van der Waals surface area (Å²) in [6.45, 7) is 4.51. The number of hydrogen-bond acceptors (Lipinski definition) is 4. The molecule has 1 unspecified atom stereocenters. The standard InChI is InChI=1S/C10H18N2O2S2/c1-8-6-15-7-10(8)5-12-16(13,14)9(2)4-11-3/h6-7,9,11-12H,4-5H2,1-3H3. The second-order valence-corrected chi connectivity index (χ2v) is 6.74. The number of hydrogen-bond donors (Lipinski definition) is 2. The second-order valence-electron chi connectivity index (χ2n) is 3.81. The fraction of sp³-hybridized carbons (Fsp3) is 0.600. The van der Waals surface area contributed by atoms with Crippen LogP contribution < -0.4 is 10.0 Å². The van der Waals surface area contributed by atoms with Crippen molar-refractivity contribution in [2.24, 2.45) is 0 Å². The van der Waals surface area contributed by atoms with E-state index < -0.39 is 15.3 Å². The van der Waals surface area contributed by atoms with E-state index in [2.05, 4.69) is 10.0 Å². The molecule has 0 saturated carbocycles. The number of aryl methyl sites for hydroxylation is 1. The number of rotatable bonds is 6. The van der Waals surface area contributed by atoms with Crippen LogP contribution in [0.15, 0.2) is 10.8 Å². The summed E-state index contributed by atoms with van der Waals surface area (Å²) in [7, 11) is -1.48. The average molecular weight is 262 g/mol. The van der Waals surface area contributed by atoms with Crippen molar-refractivity contribution >= 4 is 21.4 Å². The highest BCUT2D eigenvalue weighted by atomic mass is 32.2. The van der Waals surface area contributed by atoms with Crippen molar-refractivity contribution in [3.63, 3.8) is 0 Å². The maximum absolute atomic E-state index is 11.8. The van der Waals surface area contributed by atoms with Gasteiger partial charge in [-0.05, 0) is 42.8 Å². The van der Waals surface area contributed by atoms with Gasteiger partial charge in [0.25, 0.3) is 0 Å². The molecule has 0 aliphatic heterocycles. The van der Waals surface area contributed by atoms with E-state index in [4.69, 9.17) is 0 Å². The molecule has 4 nitrogen and oxygen atoms in total. The lowest BCUT2D eigenvalue weighted by Gasteiger charge is -2.13. The molecule has 92 valence electrons. The molecule has 1 atom stereocenters. The van der Waals surface area contributed by atoms with E-state index in [9.17, 15) is 8.42 Å². The summed E-state index contributed by atoms with van der Waals surface area (Å²) < 4.78 is 26.2. The van der Waals surface area contributed by atoms with Crippen molar-refractivity contribution < 1.29 is 8.42 Å². The Morgan fingerprint density at radius 1 is 1.44 bits per heavy atom. The van der Waals surface area contributed by atoms with Gasteiger partial charge in [0, 0.05) is 13.1 Å². The van der Waals surface area contributed by atoms with Gasteiger partial charge in [-0.1, -0.05) is 0 Å². The van der Waals surface area contributed by atoms with Crippen LogP contribution in [0.25, 0.3) is 0 Å². The first-order valence-electron chi connectivity index (χ1n) is 5.12. The minimum Gasteiger partial charge on any atom is -0.318 e. The van der Waals surface area contributed by atoms with Gasteiger partial charge in [0.2, 0.25) is 10.0 Å². The summed E-state index contributed by atoms with van der Waals surface area (Å²) >= 11 is 1.59. The predicted octanol–water partition coefficient (Wildman–Crippen LogP) is 1.08. The lowest BCUT2D eigenvalue weighted by atomic mass is 10.2. The summed E-state index contributed by atoms with van der Waals surface area (Å²) in [5.41, 5.74) is 2.18. The van der Waals surface area contributed by atoms with E-state index in [1.165, 1.54) is 0 Å². The summed E-state index contributed by atoms with van der Waals surface area (Å²) in [6.07, 6.45) is 0. The van der Waals surface area contributed by atoms with E-state index in [1.54, 1.807) is 25.3 Å². The molecule has 1 aromatic heterocycles. The van der Waals surface area contributed by atoms with Crippen LogP contribution in [0.5, 0.6) is 0 Å². The molecule has 0 fully saturated rings. The summed E-state index contributed by atoms with van der Waals surface area (Å²) in [5.74, 6) is 0. The second kappa shape index (κ2) is 5.77. The maximum atomic E-state index is 11.8. The highest BCUT2D eigenvalue weighted by Gasteiger charge is 2.19. The summed E-state index contributed by atoms with van der Waals surface area (Å²) in [6, 6.07) is 0. The minimum atomic E-state index is -3.22. The Hall–Kier alpha value is -0.430. The van der Waals surface area contributed by atoms with Gasteiger partial charge in [0.05, 0.1) is 5.25 Å². The summed E-state index contributed by atoms with van der Waals surface area (Å²) in [4.78, 5) is 0. The van der Waals surface area contributed by atoms with E-state index >= 15 is 0 Å². The Balaban J connectivity index is 2.58. The predicted molar refractivity (Wildman–Crippen MR) is 68.2 cm³/mol. The Morgan fingerprint density at radius 3 is 2.62 bits per heavy atom. The average Bonchev–Trinajstić information content (AvgIpc) is 2.61. The van der Waals surface area contributed by atoms with Crippen LogP contribution in [-0.2, 0) is 16.6 Å². The van der Waals surface area contributed by atoms with Crippen molar-refractivity contribution in [3.05, 3.63) is 21.9 Å². The highest BCUT2D eigenvalue weighted by molar-refractivity contribution is 7.90. The van der Waals surface area contributed by atoms with Crippen LogP contribution >= 0.6 is 11.3 Å². The molecular formula is C10H18N2O2S2. The molecule has 0 aromatic carbocycles. The SMILES string of the molecule is CNCC(C)S(=O)(=O)NCc1cscc1C. The Bertz CT molecular complexity index is 426. The third-order valence-corrected chi connectivity index (χ3v) is 5.13. The minimum absolute atomic E-state index is 0.381. The lowest BCUT2D eigenvalue weighted by Crippen LogP contribution is -2.37. The first-order chi connectivity index (χ1) is 7.47. The van der Waals surface area contributed by atoms with Gasteiger partial charge >= 0.3 is 0 Å². The number of nitrogens with one attached hydrogen (secondary N) is 2. The fourth-order valence-corrected chi connectivity index (χ4v) is 3.17. The third kappa shape index (κ3) is 3.55. The molecule has 1 heterocycles. The third-order valence-electron chi connectivity index (χ3n) is 2.45. The van der Waals surface area contributed by atoms with Crippen molar-refractivity contribution in [2.75, 3.05) is 13.6 Å². The number of thiophene rings is 1. The highest BCUT2D eigenvalue weighted by Crippen LogP contribution is 2.13. The zero-order valence-corrected chi connectivity index (χ0v) is 11.4. The van der Waals surface area contributed by atoms with Gasteiger partial charge in [-0.3, -0.25) is 0 Å². The molecule has 0 bridgehead atoms. The molecule has 0 amide bonds. The van der Waals surface area contributed by atoms with E-state index in [0.717, 1.165) is 11.1 Å². The van der Waals surface area contributed by atoms with Crippen LogP contribution in [0.2, 0.25) is 0 Å². The van der Waals surface area contributed by atoms with Crippen molar-refractivity contribution in [2.45, 2.75) is 25.6 Å². The fourth-order valence-electron chi connectivity index (χ4n) is 1.29. The van der Waals surface area contributed by atoms with E-state index in [-0.39, 0.29) is 0 Å². The molecule has 1 rings (SSSR count).